The molecule has 0 aliphatic heterocycles. The van der Waals surface area contributed by atoms with Crippen LogP contribution < -0.4 is 20.5 Å². The van der Waals surface area contributed by atoms with E-state index in [1.54, 1.807) is 26.4 Å². The SMILES string of the molecule is CCCC(CC(=O)Nc1cc(C(N)=O)ccc1C(C)(C)C)c1ccc(OC)cc1OC. The van der Waals surface area contributed by atoms with Crippen LogP contribution in [0.15, 0.2) is 36.4 Å². The third-order valence-electron chi connectivity index (χ3n) is 5.34. The van der Waals surface area contributed by atoms with Gasteiger partial charge in [-0.05, 0) is 47.1 Å². The number of carbonyl (C=O) groups is 2. The van der Waals surface area contributed by atoms with Crippen molar-refractivity contribution in [2.24, 2.45) is 5.73 Å². The lowest BCUT2D eigenvalue weighted by Gasteiger charge is -2.24. The number of rotatable bonds is 9. The van der Waals surface area contributed by atoms with Crippen LogP contribution in [-0.4, -0.2) is 26.0 Å². The van der Waals surface area contributed by atoms with E-state index in [1.807, 2.05) is 24.3 Å². The second-order valence-corrected chi connectivity index (χ2v) is 8.72. The first-order chi connectivity index (χ1) is 14.6. The first-order valence-electron chi connectivity index (χ1n) is 10.6. The number of nitrogens with two attached hydrogens (primary N) is 1. The highest BCUT2D eigenvalue weighted by molar-refractivity contribution is 5.97. The summed E-state index contributed by atoms with van der Waals surface area (Å²) in [6, 6.07) is 10.9. The predicted octanol–water partition coefficient (Wildman–Crippen LogP) is 5.01. The van der Waals surface area contributed by atoms with E-state index in [4.69, 9.17) is 15.2 Å². The fourth-order valence-corrected chi connectivity index (χ4v) is 3.75. The molecular weight excluding hydrogens is 392 g/mol. The Labute approximate surface area is 185 Å². The number of amides is 2. The van der Waals surface area contributed by atoms with Crippen LogP contribution in [0.3, 0.4) is 0 Å². The number of methoxy groups -OCH3 is 2. The zero-order valence-electron chi connectivity index (χ0n) is 19.4. The summed E-state index contributed by atoms with van der Waals surface area (Å²) >= 11 is 0. The largest absolute Gasteiger partial charge is 0.497 e. The highest BCUT2D eigenvalue weighted by atomic mass is 16.5. The standard InChI is InChI=1S/C25H34N2O4/c1-7-8-16(19-11-10-18(30-5)15-22(19)31-6)14-23(28)27-21-13-17(24(26)29)9-12-20(21)25(2,3)4/h9-13,15-16H,7-8,14H2,1-6H3,(H2,26,29)(H,27,28). The molecule has 31 heavy (non-hydrogen) atoms. The monoisotopic (exact) mass is 426 g/mol. The van der Waals surface area contributed by atoms with Gasteiger partial charge in [0.15, 0.2) is 0 Å². The molecule has 0 saturated heterocycles. The molecule has 2 rings (SSSR count). The molecule has 0 radical (unpaired) electrons. The predicted molar refractivity (Wildman–Crippen MR) is 124 cm³/mol. The minimum atomic E-state index is -0.525. The molecule has 0 bridgehead atoms. The van der Waals surface area contributed by atoms with Gasteiger partial charge in [-0.15, -0.1) is 0 Å². The van der Waals surface area contributed by atoms with E-state index in [2.05, 4.69) is 33.0 Å². The van der Waals surface area contributed by atoms with E-state index >= 15 is 0 Å². The van der Waals surface area contributed by atoms with Crippen LogP contribution in [0.25, 0.3) is 0 Å². The summed E-state index contributed by atoms with van der Waals surface area (Å²) in [6.07, 6.45) is 2.06. The van der Waals surface area contributed by atoms with Gasteiger partial charge in [-0.3, -0.25) is 9.59 Å². The van der Waals surface area contributed by atoms with Crippen LogP contribution in [0.5, 0.6) is 11.5 Å². The smallest absolute Gasteiger partial charge is 0.248 e. The average molecular weight is 427 g/mol. The summed E-state index contributed by atoms with van der Waals surface area (Å²) in [4.78, 5) is 24.7. The van der Waals surface area contributed by atoms with Crippen LogP contribution in [0.1, 0.15) is 74.4 Å². The Morgan fingerprint density at radius 2 is 1.77 bits per heavy atom. The highest BCUT2D eigenvalue weighted by Gasteiger charge is 2.23. The molecule has 2 amide bonds. The van der Waals surface area contributed by atoms with Crippen molar-refractivity contribution in [2.45, 2.75) is 58.3 Å². The molecule has 2 aromatic rings. The molecule has 1 unspecified atom stereocenters. The molecule has 2 aromatic carbocycles. The van der Waals surface area contributed by atoms with Gasteiger partial charge in [0.05, 0.1) is 14.2 Å². The lowest BCUT2D eigenvalue weighted by atomic mass is 9.85. The molecule has 0 heterocycles. The zero-order chi connectivity index (χ0) is 23.2. The number of benzene rings is 2. The minimum absolute atomic E-state index is 0.0109. The van der Waals surface area contributed by atoms with E-state index in [1.165, 1.54) is 0 Å². The summed E-state index contributed by atoms with van der Waals surface area (Å²) in [7, 11) is 3.23. The summed E-state index contributed by atoms with van der Waals surface area (Å²) in [5, 5.41) is 3.02. The molecule has 0 saturated carbocycles. The van der Waals surface area contributed by atoms with Gasteiger partial charge in [-0.1, -0.05) is 46.2 Å². The van der Waals surface area contributed by atoms with Gasteiger partial charge in [0.25, 0.3) is 0 Å². The fourth-order valence-electron chi connectivity index (χ4n) is 3.75. The Hall–Kier alpha value is -3.02. The van der Waals surface area contributed by atoms with E-state index < -0.39 is 5.91 Å². The number of hydrogen-bond donors (Lipinski definition) is 2. The third kappa shape index (κ3) is 6.23. The first kappa shape index (κ1) is 24.3. The lowest BCUT2D eigenvalue weighted by molar-refractivity contribution is -0.116. The molecule has 6 heteroatoms. The second kappa shape index (κ2) is 10.3. The highest BCUT2D eigenvalue weighted by Crippen LogP contribution is 2.36. The van der Waals surface area contributed by atoms with Crippen LogP contribution in [-0.2, 0) is 10.2 Å². The van der Waals surface area contributed by atoms with E-state index in [-0.39, 0.29) is 17.2 Å². The van der Waals surface area contributed by atoms with Crippen LogP contribution >= 0.6 is 0 Å². The fraction of sp³-hybridized carbons (Fsp3) is 0.440. The number of carbonyl (C=O) groups excluding carboxylic acids is 2. The van der Waals surface area contributed by atoms with Gasteiger partial charge in [0.2, 0.25) is 11.8 Å². The number of primary amides is 1. The maximum atomic E-state index is 13.1. The molecule has 6 nitrogen and oxygen atoms in total. The number of nitrogens with one attached hydrogen (secondary N) is 1. The summed E-state index contributed by atoms with van der Waals surface area (Å²) in [5.41, 5.74) is 8.14. The Morgan fingerprint density at radius 1 is 1.06 bits per heavy atom. The maximum Gasteiger partial charge on any atom is 0.248 e. The number of hydrogen-bond acceptors (Lipinski definition) is 4. The van der Waals surface area contributed by atoms with Gasteiger partial charge in [0, 0.05) is 23.7 Å². The Kier molecular flexibility index (Phi) is 8.08. The van der Waals surface area contributed by atoms with Crippen molar-refractivity contribution in [3.05, 3.63) is 53.1 Å². The first-order valence-corrected chi connectivity index (χ1v) is 10.6. The Morgan fingerprint density at radius 3 is 2.32 bits per heavy atom. The van der Waals surface area contributed by atoms with Gasteiger partial charge in [-0.25, -0.2) is 0 Å². The van der Waals surface area contributed by atoms with E-state index in [9.17, 15) is 9.59 Å². The second-order valence-electron chi connectivity index (χ2n) is 8.72. The quantitative estimate of drug-likeness (QED) is 0.589. The summed E-state index contributed by atoms with van der Waals surface area (Å²) in [5.74, 6) is 0.754. The van der Waals surface area contributed by atoms with Crippen LogP contribution in [0.2, 0.25) is 0 Å². The molecule has 0 aliphatic carbocycles. The molecule has 0 aromatic heterocycles. The topological polar surface area (TPSA) is 90.7 Å². The van der Waals surface area contributed by atoms with Crippen LogP contribution in [0, 0.1) is 0 Å². The summed E-state index contributed by atoms with van der Waals surface area (Å²) in [6.45, 7) is 8.27. The molecule has 0 aliphatic rings. The normalized spacial score (nSPS) is 12.2. The van der Waals surface area contributed by atoms with E-state index in [0.29, 0.717) is 29.2 Å². The van der Waals surface area contributed by atoms with Crippen molar-refractivity contribution >= 4 is 17.5 Å². The molecule has 3 N–H and O–H groups in total. The van der Waals surface area contributed by atoms with Gasteiger partial charge >= 0.3 is 0 Å². The zero-order valence-corrected chi connectivity index (χ0v) is 19.4. The molecule has 168 valence electrons. The minimum Gasteiger partial charge on any atom is -0.497 e. The van der Waals surface area contributed by atoms with Crippen molar-refractivity contribution in [1.82, 2.24) is 0 Å². The van der Waals surface area contributed by atoms with Gasteiger partial charge in [0.1, 0.15) is 11.5 Å². The van der Waals surface area contributed by atoms with Gasteiger partial charge < -0.3 is 20.5 Å². The van der Waals surface area contributed by atoms with Crippen molar-refractivity contribution < 1.29 is 19.1 Å². The molecule has 1 atom stereocenters. The Balaban J connectivity index is 2.33. The molecule has 0 spiro atoms. The Bertz CT molecular complexity index is 932. The lowest BCUT2D eigenvalue weighted by Crippen LogP contribution is -2.21. The summed E-state index contributed by atoms with van der Waals surface area (Å²) < 4.78 is 10.8. The van der Waals surface area contributed by atoms with Crippen molar-refractivity contribution in [2.75, 3.05) is 19.5 Å². The van der Waals surface area contributed by atoms with Crippen molar-refractivity contribution in [1.29, 1.82) is 0 Å². The van der Waals surface area contributed by atoms with Crippen molar-refractivity contribution in [3.63, 3.8) is 0 Å². The number of ether oxygens (including phenoxy) is 2. The third-order valence-corrected chi connectivity index (χ3v) is 5.34. The van der Waals surface area contributed by atoms with Gasteiger partial charge in [-0.2, -0.15) is 0 Å². The molecule has 0 fully saturated rings. The average Bonchev–Trinajstić information content (AvgIpc) is 2.71. The number of anilines is 1. The van der Waals surface area contributed by atoms with Crippen LogP contribution in [0.4, 0.5) is 5.69 Å². The van der Waals surface area contributed by atoms with E-state index in [0.717, 1.165) is 24.0 Å². The maximum absolute atomic E-state index is 13.1. The molecular formula is C25H34N2O4. The van der Waals surface area contributed by atoms with Crippen molar-refractivity contribution in [3.8, 4) is 11.5 Å².